The number of hydrogen-bond acceptors (Lipinski definition) is 3. The Morgan fingerprint density at radius 1 is 1.05 bits per heavy atom. The molecule has 7 aliphatic rings. The molecule has 7 atom stereocenters. The maximum absolute atomic E-state index is 7.30. The number of hydrogen-bond donors (Lipinski definition) is 0. The number of ether oxygens (including phenoxy) is 2. The summed E-state index contributed by atoms with van der Waals surface area (Å²) in [5.74, 6) is 1.83. The third-order valence-corrected chi connectivity index (χ3v) is 12.8. The second-order valence-electron chi connectivity index (χ2n) is 14.1. The fourth-order valence-corrected chi connectivity index (χ4v) is 11.9. The van der Waals surface area contributed by atoms with Crippen molar-refractivity contribution in [3.05, 3.63) is 76.9 Å². The summed E-state index contributed by atoms with van der Waals surface area (Å²) in [6.07, 6.45) is 8.08. The summed E-state index contributed by atoms with van der Waals surface area (Å²) in [5, 5.41) is 2.60. The van der Waals surface area contributed by atoms with Crippen LogP contribution >= 0.6 is 0 Å². The summed E-state index contributed by atoms with van der Waals surface area (Å²) in [6, 6.07) is 20.9. The molecule has 0 amide bonds. The van der Waals surface area contributed by atoms with Gasteiger partial charge in [0.15, 0.2) is 0 Å². The van der Waals surface area contributed by atoms with E-state index in [1.165, 1.54) is 72.7 Å². The molecule has 3 spiro atoms. The molecule has 3 aromatic rings. The standard InChI is InChI=1S/C35H39NO2/c1-4-33-13-14-34(17-27(33)19-37-18-23-10-12-24-7-5-6-8-25(24)15-23)30-32(21-36(30)3)16-26-11-9-22(2)29-28(26)35(34,20-32)31(33)38-29/h5-12,15,27,30-31H,4,13-14,16-21H2,1-3H3. The summed E-state index contributed by atoms with van der Waals surface area (Å²) in [5.41, 5.74) is 7.09. The van der Waals surface area contributed by atoms with Crippen LogP contribution in [-0.2, 0) is 23.2 Å². The third kappa shape index (κ3) is 2.31. The predicted molar refractivity (Wildman–Crippen MR) is 151 cm³/mol. The molecule has 0 aromatic heterocycles. The van der Waals surface area contributed by atoms with Crippen LogP contribution in [0.3, 0.4) is 0 Å². The van der Waals surface area contributed by atoms with E-state index < -0.39 is 0 Å². The van der Waals surface area contributed by atoms with Gasteiger partial charge in [-0.3, -0.25) is 0 Å². The topological polar surface area (TPSA) is 21.7 Å². The lowest BCUT2D eigenvalue weighted by Gasteiger charge is -2.69. The van der Waals surface area contributed by atoms with E-state index in [4.69, 9.17) is 9.47 Å². The van der Waals surface area contributed by atoms with Crippen LogP contribution in [0.1, 0.15) is 61.3 Å². The van der Waals surface area contributed by atoms with Crippen molar-refractivity contribution < 1.29 is 9.47 Å². The molecule has 4 bridgehead atoms. The number of fused-ring (bicyclic) bond motifs is 3. The van der Waals surface area contributed by atoms with Gasteiger partial charge in [-0.05, 0) is 91.9 Å². The number of aryl methyl sites for hydroxylation is 1. The van der Waals surface area contributed by atoms with Gasteiger partial charge in [0.1, 0.15) is 11.9 Å². The Hall–Kier alpha value is -2.36. The molecule has 1 saturated heterocycles. The van der Waals surface area contributed by atoms with E-state index in [9.17, 15) is 0 Å². The largest absolute Gasteiger partial charge is 0.488 e. The van der Waals surface area contributed by atoms with Crippen LogP contribution in [0, 0.1) is 29.1 Å². The number of nitrogens with zero attached hydrogens (tertiary/aromatic N) is 1. The van der Waals surface area contributed by atoms with E-state index in [1.807, 2.05) is 0 Å². The highest BCUT2D eigenvalue weighted by Crippen LogP contribution is 2.84. The van der Waals surface area contributed by atoms with Crippen molar-refractivity contribution >= 4 is 10.8 Å². The zero-order chi connectivity index (χ0) is 25.5. The van der Waals surface area contributed by atoms with Crippen molar-refractivity contribution in [3.63, 3.8) is 0 Å². The van der Waals surface area contributed by atoms with E-state index in [0.29, 0.717) is 35.5 Å². The van der Waals surface area contributed by atoms with Crippen molar-refractivity contribution in [3.8, 4) is 5.75 Å². The fraction of sp³-hybridized carbons (Fsp3) is 0.543. The molecule has 10 rings (SSSR count). The smallest absolute Gasteiger partial charge is 0.126 e. The predicted octanol–water partition coefficient (Wildman–Crippen LogP) is 6.82. The van der Waals surface area contributed by atoms with E-state index >= 15 is 0 Å². The first-order chi connectivity index (χ1) is 18.5. The molecule has 3 heteroatoms. The van der Waals surface area contributed by atoms with Crippen LogP contribution in [0.15, 0.2) is 54.6 Å². The van der Waals surface area contributed by atoms with Gasteiger partial charge in [-0.2, -0.15) is 0 Å². The summed E-state index contributed by atoms with van der Waals surface area (Å²) in [7, 11) is 2.41. The van der Waals surface area contributed by atoms with Crippen molar-refractivity contribution in [2.24, 2.45) is 22.2 Å². The highest BCUT2D eigenvalue weighted by atomic mass is 16.5. The molecule has 0 N–H and O–H groups in total. The van der Waals surface area contributed by atoms with Gasteiger partial charge < -0.3 is 14.4 Å². The molecule has 196 valence electrons. The van der Waals surface area contributed by atoms with Crippen LogP contribution < -0.4 is 4.74 Å². The van der Waals surface area contributed by atoms with Crippen molar-refractivity contribution in [2.45, 2.75) is 76.5 Å². The van der Waals surface area contributed by atoms with Gasteiger partial charge in [0.2, 0.25) is 0 Å². The lowest BCUT2D eigenvalue weighted by atomic mass is 9.37. The molecule has 5 fully saturated rings. The zero-order valence-electron chi connectivity index (χ0n) is 23.1. The van der Waals surface area contributed by atoms with E-state index in [2.05, 4.69) is 80.4 Å². The lowest BCUT2D eigenvalue weighted by molar-refractivity contribution is -0.215. The van der Waals surface area contributed by atoms with Gasteiger partial charge in [0.25, 0.3) is 0 Å². The molecular weight excluding hydrogens is 466 g/mol. The fourth-order valence-electron chi connectivity index (χ4n) is 11.9. The minimum absolute atomic E-state index is 0.203. The summed E-state index contributed by atoms with van der Waals surface area (Å²) < 4.78 is 14.0. The first kappa shape index (κ1) is 22.5. The molecule has 3 nitrogen and oxygen atoms in total. The van der Waals surface area contributed by atoms with Crippen molar-refractivity contribution in [1.29, 1.82) is 0 Å². The van der Waals surface area contributed by atoms with Gasteiger partial charge >= 0.3 is 0 Å². The normalized spacial score (nSPS) is 41.1. The quantitative estimate of drug-likeness (QED) is 0.380. The first-order valence-corrected chi connectivity index (χ1v) is 15.0. The lowest BCUT2D eigenvalue weighted by Crippen LogP contribution is -2.73. The Labute approximate surface area is 226 Å². The average molecular weight is 506 g/mol. The first-order valence-electron chi connectivity index (χ1n) is 15.0. The highest BCUT2D eigenvalue weighted by Gasteiger charge is 2.86. The molecule has 7 unspecified atom stereocenters. The maximum atomic E-state index is 7.30. The molecule has 4 saturated carbocycles. The Bertz CT molecular complexity index is 1510. The Morgan fingerprint density at radius 2 is 1.92 bits per heavy atom. The summed E-state index contributed by atoms with van der Waals surface area (Å²) >= 11 is 0. The monoisotopic (exact) mass is 505 g/mol. The van der Waals surface area contributed by atoms with Crippen molar-refractivity contribution in [2.75, 3.05) is 20.2 Å². The van der Waals surface area contributed by atoms with E-state index in [1.54, 1.807) is 11.1 Å². The molecule has 38 heavy (non-hydrogen) atoms. The molecule has 0 radical (unpaired) electrons. The second-order valence-corrected chi connectivity index (χ2v) is 14.1. The summed E-state index contributed by atoms with van der Waals surface area (Å²) in [4.78, 5) is 2.74. The van der Waals surface area contributed by atoms with Gasteiger partial charge in [-0.1, -0.05) is 55.5 Å². The van der Waals surface area contributed by atoms with Crippen LogP contribution in [0.4, 0.5) is 0 Å². The van der Waals surface area contributed by atoms with Gasteiger partial charge in [0.05, 0.1) is 13.2 Å². The molecule has 3 aromatic carbocycles. The SMILES string of the molecule is CCC12CCC3(CC1COCc1ccc4ccccc4c1)C1N(C)CC14Cc1ccc(C)c5c1C3(C4)C2O5. The van der Waals surface area contributed by atoms with E-state index in [0.717, 1.165) is 6.61 Å². The summed E-state index contributed by atoms with van der Waals surface area (Å²) in [6.45, 7) is 7.53. The van der Waals surface area contributed by atoms with Crippen LogP contribution in [0.25, 0.3) is 10.8 Å². The second kappa shape index (κ2) is 7.04. The van der Waals surface area contributed by atoms with Gasteiger partial charge in [-0.25, -0.2) is 0 Å². The average Bonchev–Trinajstić information content (AvgIpc) is 3.37. The number of likely N-dealkylation sites (tertiary alicyclic amines) is 1. The Kier molecular flexibility index (Phi) is 4.16. The zero-order valence-corrected chi connectivity index (χ0v) is 23.1. The Morgan fingerprint density at radius 3 is 2.76 bits per heavy atom. The minimum atomic E-state index is 0.203. The highest BCUT2D eigenvalue weighted by molar-refractivity contribution is 5.82. The maximum Gasteiger partial charge on any atom is 0.126 e. The van der Waals surface area contributed by atoms with Crippen LogP contribution in [0.2, 0.25) is 0 Å². The minimum Gasteiger partial charge on any atom is -0.488 e. The van der Waals surface area contributed by atoms with E-state index in [-0.39, 0.29) is 10.8 Å². The Balaban J connectivity index is 1.11. The molecule has 2 aliphatic heterocycles. The van der Waals surface area contributed by atoms with Crippen molar-refractivity contribution in [1.82, 2.24) is 4.90 Å². The molecule has 5 aliphatic carbocycles. The molecule has 2 heterocycles. The van der Waals surface area contributed by atoms with Gasteiger partial charge in [-0.15, -0.1) is 0 Å². The van der Waals surface area contributed by atoms with Crippen LogP contribution in [0.5, 0.6) is 5.75 Å². The van der Waals surface area contributed by atoms with Gasteiger partial charge in [0, 0.05) is 39.8 Å². The number of benzene rings is 3. The number of rotatable bonds is 5. The van der Waals surface area contributed by atoms with Crippen LogP contribution in [-0.4, -0.2) is 37.2 Å². The third-order valence-electron chi connectivity index (χ3n) is 12.8. The molecular formula is C35H39NO2.